The first kappa shape index (κ1) is 13.1. The van der Waals surface area contributed by atoms with Crippen molar-refractivity contribution in [1.29, 1.82) is 0 Å². The molecule has 4 rings (SSSR count). The standard InChI is InChI=1S/C17H16N2O3/c20-15-10-14(16(21)18-15)12-7-9-22-17-13(12)6-8-19(17)11-4-2-1-3-5-11/h1-6,8,12,14H,7,9-10H2,(H,18,20,21). The number of aromatic nitrogens is 1. The van der Waals surface area contributed by atoms with Crippen molar-refractivity contribution in [3.63, 3.8) is 0 Å². The number of benzene rings is 1. The normalized spacial score (nSPS) is 23.8. The number of hydrogen-bond acceptors (Lipinski definition) is 3. The molecule has 2 aromatic rings. The number of nitrogens with zero attached hydrogens (tertiary/aromatic N) is 1. The highest BCUT2D eigenvalue weighted by atomic mass is 16.5. The van der Waals surface area contributed by atoms with Gasteiger partial charge in [0.1, 0.15) is 0 Å². The molecule has 0 spiro atoms. The van der Waals surface area contributed by atoms with Crippen LogP contribution in [0.3, 0.4) is 0 Å². The predicted molar refractivity (Wildman–Crippen MR) is 79.9 cm³/mol. The second-order valence-electron chi connectivity index (χ2n) is 5.75. The summed E-state index contributed by atoms with van der Waals surface area (Å²) in [7, 11) is 0. The minimum atomic E-state index is -0.276. The average molecular weight is 296 g/mol. The Balaban J connectivity index is 1.73. The van der Waals surface area contributed by atoms with Crippen molar-refractivity contribution >= 4 is 11.8 Å². The van der Waals surface area contributed by atoms with E-state index in [4.69, 9.17) is 4.74 Å². The van der Waals surface area contributed by atoms with E-state index in [1.54, 1.807) is 0 Å². The number of hydrogen-bond donors (Lipinski definition) is 1. The molecule has 112 valence electrons. The van der Waals surface area contributed by atoms with Crippen LogP contribution in [0.2, 0.25) is 0 Å². The number of carbonyl (C=O) groups excluding carboxylic acids is 2. The summed E-state index contributed by atoms with van der Waals surface area (Å²) in [6.07, 6.45) is 3.00. The van der Waals surface area contributed by atoms with E-state index in [0.717, 1.165) is 23.6 Å². The number of para-hydroxylation sites is 1. The molecule has 1 aromatic heterocycles. The molecule has 0 aliphatic carbocycles. The van der Waals surface area contributed by atoms with E-state index in [0.29, 0.717) is 6.61 Å². The minimum Gasteiger partial charge on any atom is -0.478 e. The maximum atomic E-state index is 12.0. The van der Waals surface area contributed by atoms with Gasteiger partial charge < -0.3 is 4.74 Å². The van der Waals surface area contributed by atoms with Crippen molar-refractivity contribution in [2.24, 2.45) is 5.92 Å². The molecule has 1 fully saturated rings. The largest absolute Gasteiger partial charge is 0.478 e. The lowest BCUT2D eigenvalue weighted by atomic mass is 9.82. The van der Waals surface area contributed by atoms with Gasteiger partial charge in [-0.25, -0.2) is 0 Å². The number of imide groups is 1. The van der Waals surface area contributed by atoms with Gasteiger partial charge in [-0.3, -0.25) is 19.5 Å². The van der Waals surface area contributed by atoms with Gasteiger partial charge in [-0.2, -0.15) is 0 Å². The number of nitrogens with one attached hydrogen (secondary N) is 1. The fourth-order valence-electron chi connectivity index (χ4n) is 3.41. The van der Waals surface area contributed by atoms with Crippen LogP contribution in [-0.4, -0.2) is 23.0 Å². The molecule has 0 bridgehead atoms. The van der Waals surface area contributed by atoms with Crippen molar-refractivity contribution in [3.8, 4) is 11.6 Å². The first-order chi connectivity index (χ1) is 10.7. The van der Waals surface area contributed by atoms with Crippen molar-refractivity contribution in [3.05, 3.63) is 48.2 Å². The van der Waals surface area contributed by atoms with Gasteiger partial charge in [0.2, 0.25) is 17.7 Å². The van der Waals surface area contributed by atoms with Crippen molar-refractivity contribution < 1.29 is 14.3 Å². The van der Waals surface area contributed by atoms with Crippen LogP contribution in [0, 0.1) is 5.92 Å². The number of fused-ring (bicyclic) bond motifs is 1. The predicted octanol–water partition coefficient (Wildman–Crippen LogP) is 2.01. The smallest absolute Gasteiger partial charge is 0.230 e. The van der Waals surface area contributed by atoms with E-state index in [1.165, 1.54) is 0 Å². The Morgan fingerprint density at radius 1 is 1.09 bits per heavy atom. The topological polar surface area (TPSA) is 60.3 Å². The zero-order valence-electron chi connectivity index (χ0n) is 12.0. The van der Waals surface area contributed by atoms with Crippen molar-refractivity contribution in [2.75, 3.05) is 6.61 Å². The Morgan fingerprint density at radius 3 is 2.64 bits per heavy atom. The summed E-state index contributed by atoms with van der Waals surface area (Å²) in [5, 5.41) is 2.41. The zero-order valence-corrected chi connectivity index (χ0v) is 12.0. The van der Waals surface area contributed by atoms with Crippen LogP contribution in [0.25, 0.3) is 5.69 Å². The Bertz CT molecular complexity index is 736. The van der Waals surface area contributed by atoms with Gasteiger partial charge in [0.15, 0.2) is 0 Å². The van der Waals surface area contributed by atoms with Gasteiger partial charge in [0, 0.05) is 29.8 Å². The minimum absolute atomic E-state index is 0.0418. The molecule has 2 atom stereocenters. The van der Waals surface area contributed by atoms with E-state index in [-0.39, 0.29) is 30.1 Å². The van der Waals surface area contributed by atoms with Gasteiger partial charge in [-0.1, -0.05) is 18.2 Å². The molecular weight excluding hydrogens is 280 g/mol. The molecule has 1 saturated heterocycles. The SMILES string of the molecule is O=C1CC(C2CCOc3c2ccn3-c2ccccc2)C(=O)N1. The van der Waals surface area contributed by atoms with Crippen molar-refractivity contribution in [1.82, 2.24) is 9.88 Å². The van der Waals surface area contributed by atoms with Crippen LogP contribution in [0.4, 0.5) is 0 Å². The average Bonchev–Trinajstić information content (AvgIpc) is 3.11. The molecule has 5 nitrogen and oxygen atoms in total. The molecular formula is C17H16N2O3. The summed E-state index contributed by atoms with van der Waals surface area (Å²) in [6.45, 7) is 0.562. The second-order valence-corrected chi connectivity index (χ2v) is 5.75. The first-order valence-electron chi connectivity index (χ1n) is 7.47. The molecule has 1 aromatic carbocycles. The highest BCUT2D eigenvalue weighted by Gasteiger charge is 2.40. The monoisotopic (exact) mass is 296 g/mol. The van der Waals surface area contributed by atoms with E-state index in [1.807, 2.05) is 47.2 Å². The summed E-state index contributed by atoms with van der Waals surface area (Å²) in [4.78, 5) is 23.5. The van der Waals surface area contributed by atoms with Crippen LogP contribution < -0.4 is 10.1 Å². The molecule has 2 amide bonds. The Kier molecular flexibility index (Phi) is 2.99. The lowest BCUT2D eigenvalue weighted by molar-refractivity contribution is -0.126. The molecule has 0 saturated carbocycles. The van der Waals surface area contributed by atoms with Gasteiger partial charge in [0.05, 0.1) is 12.5 Å². The molecule has 22 heavy (non-hydrogen) atoms. The Labute approximate surface area is 127 Å². The molecule has 2 aliphatic rings. The van der Waals surface area contributed by atoms with E-state index in [9.17, 15) is 9.59 Å². The summed E-state index contributed by atoms with van der Waals surface area (Å²) >= 11 is 0. The van der Waals surface area contributed by atoms with Gasteiger partial charge in [-0.05, 0) is 24.6 Å². The van der Waals surface area contributed by atoms with Crippen LogP contribution in [0.1, 0.15) is 24.3 Å². The molecule has 3 heterocycles. The summed E-state index contributed by atoms with van der Waals surface area (Å²) in [6, 6.07) is 12.0. The molecule has 2 aliphatic heterocycles. The number of ether oxygens (including phenoxy) is 1. The van der Waals surface area contributed by atoms with Crippen molar-refractivity contribution in [2.45, 2.75) is 18.8 Å². The first-order valence-corrected chi connectivity index (χ1v) is 7.47. The van der Waals surface area contributed by atoms with Gasteiger partial charge in [-0.15, -0.1) is 0 Å². The molecule has 0 radical (unpaired) electrons. The van der Waals surface area contributed by atoms with Crippen LogP contribution in [-0.2, 0) is 9.59 Å². The number of rotatable bonds is 2. The van der Waals surface area contributed by atoms with E-state index in [2.05, 4.69) is 5.32 Å². The lowest BCUT2D eigenvalue weighted by Crippen LogP contribution is -2.28. The van der Waals surface area contributed by atoms with Gasteiger partial charge in [0.25, 0.3) is 0 Å². The zero-order chi connectivity index (χ0) is 15.1. The Hall–Kier alpha value is -2.56. The third-order valence-electron chi connectivity index (χ3n) is 4.46. The third kappa shape index (κ3) is 2.01. The second kappa shape index (κ2) is 5.02. The number of amides is 2. The van der Waals surface area contributed by atoms with Crippen LogP contribution in [0.15, 0.2) is 42.6 Å². The van der Waals surface area contributed by atoms with Crippen LogP contribution in [0.5, 0.6) is 5.88 Å². The molecule has 5 heteroatoms. The highest BCUT2D eigenvalue weighted by Crippen LogP contribution is 2.42. The number of carbonyl (C=O) groups is 2. The van der Waals surface area contributed by atoms with E-state index >= 15 is 0 Å². The lowest BCUT2D eigenvalue weighted by Gasteiger charge is -2.27. The summed E-state index contributed by atoms with van der Waals surface area (Å²) in [5.74, 6) is 0.220. The molecule has 2 unspecified atom stereocenters. The Morgan fingerprint density at radius 2 is 1.91 bits per heavy atom. The van der Waals surface area contributed by atoms with E-state index < -0.39 is 0 Å². The summed E-state index contributed by atoms with van der Waals surface area (Å²) in [5.41, 5.74) is 2.04. The summed E-state index contributed by atoms with van der Waals surface area (Å²) < 4.78 is 7.84. The van der Waals surface area contributed by atoms with Gasteiger partial charge >= 0.3 is 0 Å². The maximum absolute atomic E-state index is 12.0. The third-order valence-corrected chi connectivity index (χ3v) is 4.46. The van der Waals surface area contributed by atoms with Crippen LogP contribution >= 0.6 is 0 Å². The maximum Gasteiger partial charge on any atom is 0.230 e. The quantitative estimate of drug-likeness (QED) is 0.862. The highest BCUT2D eigenvalue weighted by molar-refractivity contribution is 6.04. The fraction of sp³-hybridized carbons (Fsp3) is 0.294. The molecule has 1 N–H and O–H groups in total. The fourth-order valence-corrected chi connectivity index (χ4v) is 3.41.